The maximum atomic E-state index is 13.0. The van der Waals surface area contributed by atoms with Crippen molar-refractivity contribution in [3.8, 4) is 11.1 Å². The van der Waals surface area contributed by atoms with E-state index >= 15 is 0 Å². The molecule has 2 aromatic rings. The molecule has 0 amide bonds. The normalized spacial score (nSPS) is 11.6. The molecule has 0 unspecified atom stereocenters. The maximum Gasteiger partial charge on any atom is 0.422 e. The smallest absolute Gasteiger partial charge is 0.326 e. The van der Waals surface area contributed by atoms with Gasteiger partial charge in [-0.3, -0.25) is 4.79 Å². The largest absolute Gasteiger partial charge is 0.422 e. The highest BCUT2D eigenvalue weighted by atomic mass is 35.5. The van der Waals surface area contributed by atoms with Crippen molar-refractivity contribution in [2.45, 2.75) is 13.1 Å². The summed E-state index contributed by atoms with van der Waals surface area (Å²) in [5.74, 6) is 0. The van der Waals surface area contributed by atoms with Crippen LogP contribution in [0.25, 0.3) is 11.1 Å². The zero-order chi connectivity index (χ0) is 14.2. The molecule has 100 valence electrons. The third-order valence-corrected chi connectivity index (χ3v) is 2.86. The zero-order valence-corrected chi connectivity index (χ0v) is 10.6. The quantitative estimate of drug-likeness (QED) is 0.844. The van der Waals surface area contributed by atoms with Crippen LogP contribution in [0.5, 0.6) is 0 Å². The van der Waals surface area contributed by atoms with Gasteiger partial charge in [0.2, 0.25) is 0 Å². The van der Waals surface area contributed by atoms with Gasteiger partial charge in [0.15, 0.2) is 0 Å². The first-order chi connectivity index (χ1) is 8.79. The molecule has 19 heavy (non-hydrogen) atoms. The zero-order valence-electron chi connectivity index (χ0n) is 9.81. The van der Waals surface area contributed by atoms with Gasteiger partial charge in [-0.1, -0.05) is 23.7 Å². The summed E-state index contributed by atoms with van der Waals surface area (Å²) in [7, 11) is 0. The summed E-state index contributed by atoms with van der Waals surface area (Å²) < 4.78 is 38.9. The van der Waals surface area contributed by atoms with Crippen LogP contribution in [-0.2, 0) is 6.18 Å². The first kappa shape index (κ1) is 13.7. The molecule has 1 N–H and O–H groups in total. The Kier molecular flexibility index (Phi) is 3.41. The van der Waals surface area contributed by atoms with Crippen LogP contribution in [0.4, 0.5) is 13.2 Å². The van der Waals surface area contributed by atoms with E-state index in [1.165, 1.54) is 37.3 Å². The molecule has 0 aliphatic heterocycles. The van der Waals surface area contributed by atoms with Gasteiger partial charge in [0.25, 0.3) is 5.56 Å². The van der Waals surface area contributed by atoms with Crippen LogP contribution in [0.2, 0.25) is 5.02 Å². The minimum absolute atomic E-state index is 0.148. The fourth-order valence-corrected chi connectivity index (χ4v) is 1.95. The summed E-state index contributed by atoms with van der Waals surface area (Å²) >= 11 is 5.70. The second kappa shape index (κ2) is 4.74. The van der Waals surface area contributed by atoms with E-state index in [1.54, 1.807) is 0 Å². The number of rotatable bonds is 1. The lowest BCUT2D eigenvalue weighted by atomic mass is 10.0. The molecular weight excluding hydrogens is 279 g/mol. The Hall–Kier alpha value is -1.75. The Balaban J connectivity index is 2.75. The van der Waals surface area contributed by atoms with Crippen molar-refractivity contribution >= 4 is 11.6 Å². The summed E-state index contributed by atoms with van der Waals surface area (Å²) in [5.41, 5.74) is -1.82. The molecule has 1 heterocycles. The van der Waals surface area contributed by atoms with E-state index in [1.807, 2.05) is 0 Å². The summed E-state index contributed by atoms with van der Waals surface area (Å²) in [4.78, 5) is 13.7. The van der Waals surface area contributed by atoms with Gasteiger partial charge < -0.3 is 4.98 Å². The van der Waals surface area contributed by atoms with Crippen molar-refractivity contribution in [2.24, 2.45) is 0 Å². The Morgan fingerprint density at radius 2 is 1.74 bits per heavy atom. The number of H-pyrrole nitrogens is 1. The SMILES string of the molecule is Cc1cc(-c2ccc(Cl)cc2)c(C(F)(F)F)c(=O)[nH]1. The number of halogens is 4. The molecule has 0 fully saturated rings. The molecule has 2 nitrogen and oxygen atoms in total. The lowest BCUT2D eigenvalue weighted by Gasteiger charge is -2.12. The predicted octanol–water partition coefficient (Wildman–Crippen LogP) is 4.02. The van der Waals surface area contributed by atoms with Gasteiger partial charge in [0.05, 0.1) is 0 Å². The number of alkyl halides is 3. The molecule has 0 bridgehead atoms. The lowest BCUT2D eigenvalue weighted by Crippen LogP contribution is -2.23. The summed E-state index contributed by atoms with van der Waals surface area (Å²) in [6.07, 6.45) is -4.71. The molecule has 1 aromatic carbocycles. The number of hydrogen-bond donors (Lipinski definition) is 1. The Labute approximate surface area is 111 Å². The molecule has 1 aromatic heterocycles. The van der Waals surface area contributed by atoms with E-state index in [0.717, 1.165) is 0 Å². The van der Waals surface area contributed by atoms with Crippen LogP contribution in [0.1, 0.15) is 11.3 Å². The van der Waals surface area contributed by atoms with Gasteiger partial charge in [0.1, 0.15) is 5.56 Å². The standard InChI is InChI=1S/C13H9ClF3NO/c1-7-6-10(8-2-4-9(14)5-3-8)11(12(19)18-7)13(15,16)17/h2-6H,1H3,(H,18,19). The third kappa shape index (κ3) is 2.81. The van der Waals surface area contributed by atoms with E-state index < -0.39 is 17.3 Å². The Morgan fingerprint density at radius 3 is 2.26 bits per heavy atom. The maximum absolute atomic E-state index is 13.0. The monoisotopic (exact) mass is 287 g/mol. The molecule has 0 radical (unpaired) electrons. The van der Waals surface area contributed by atoms with Crippen molar-refractivity contribution in [1.82, 2.24) is 4.98 Å². The minimum Gasteiger partial charge on any atom is -0.326 e. The average molecular weight is 288 g/mol. The van der Waals surface area contributed by atoms with Gasteiger partial charge in [-0.05, 0) is 30.7 Å². The van der Waals surface area contributed by atoms with E-state index in [9.17, 15) is 18.0 Å². The molecule has 0 aliphatic carbocycles. The Bertz CT molecular complexity index is 659. The molecule has 0 spiro atoms. The number of aromatic nitrogens is 1. The first-order valence-electron chi connectivity index (χ1n) is 5.36. The first-order valence-corrected chi connectivity index (χ1v) is 5.74. The van der Waals surface area contributed by atoms with Crippen molar-refractivity contribution in [1.29, 1.82) is 0 Å². The van der Waals surface area contributed by atoms with Crippen LogP contribution in [0.15, 0.2) is 35.1 Å². The molecule has 2 rings (SSSR count). The second-order valence-electron chi connectivity index (χ2n) is 4.07. The third-order valence-electron chi connectivity index (χ3n) is 2.61. The topological polar surface area (TPSA) is 32.9 Å². The molecule has 0 saturated carbocycles. The van der Waals surface area contributed by atoms with E-state index in [4.69, 9.17) is 11.6 Å². The molecular formula is C13H9ClF3NO. The minimum atomic E-state index is -4.71. The highest BCUT2D eigenvalue weighted by Gasteiger charge is 2.37. The predicted molar refractivity (Wildman–Crippen MR) is 67.2 cm³/mol. The van der Waals surface area contributed by atoms with Gasteiger partial charge in [-0.15, -0.1) is 0 Å². The molecule has 6 heteroatoms. The molecule has 0 atom stereocenters. The van der Waals surface area contributed by atoms with Gasteiger partial charge in [0, 0.05) is 16.3 Å². The van der Waals surface area contributed by atoms with Crippen molar-refractivity contribution in [3.05, 3.63) is 57.0 Å². The molecule has 0 aliphatic rings. The highest BCUT2D eigenvalue weighted by Crippen LogP contribution is 2.35. The van der Waals surface area contributed by atoms with Crippen molar-refractivity contribution in [2.75, 3.05) is 0 Å². The number of benzene rings is 1. The number of hydrogen-bond acceptors (Lipinski definition) is 1. The van der Waals surface area contributed by atoms with Crippen molar-refractivity contribution in [3.63, 3.8) is 0 Å². The van der Waals surface area contributed by atoms with Crippen LogP contribution in [0, 0.1) is 6.92 Å². The lowest BCUT2D eigenvalue weighted by molar-refractivity contribution is -0.138. The Morgan fingerprint density at radius 1 is 1.16 bits per heavy atom. The fraction of sp³-hybridized carbons (Fsp3) is 0.154. The van der Waals surface area contributed by atoms with Crippen LogP contribution in [0.3, 0.4) is 0 Å². The number of aromatic amines is 1. The number of aryl methyl sites for hydroxylation is 1. The summed E-state index contributed by atoms with van der Waals surface area (Å²) in [6, 6.07) is 7.16. The van der Waals surface area contributed by atoms with E-state index in [-0.39, 0.29) is 5.56 Å². The van der Waals surface area contributed by atoms with Gasteiger partial charge in [-0.2, -0.15) is 13.2 Å². The van der Waals surface area contributed by atoms with Gasteiger partial charge in [-0.25, -0.2) is 0 Å². The number of pyridine rings is 1. The highest BCUT2D eigenvalue weighted by molar-refractivity contribution is 6.30. The van der Waals surface area contributed by atoms with Crippen LogP contribution in [-0.4, -0.2) is 4.98 Å². The summed E-state index contributed by atoms with van der Waals surface area (Å²) in [6.45, 7) is 1.53. The second-order valence-corrected chi connectivity index (χ2v) is 4.51. The number of nitrogens with one attached hydrogen (secondary N) is 1. The fourth-order valence-electron chi connectivity index (χ4n) is 1.83. The molecule has 0 saturated heterocycles. The van der Waals surface area contributed by atoms with Gasteiger partial charge >= 0.3 is 6.18 Å². The van der Waals surface area contributed by atoms with E-state index in [2.05, 4.69) is 4.98 Å². The summed E-state index contributed by atoms with van der Waals surface area (Å²) in [5, 5.41) is 0.416. The van der Waals surface area contributed by atoms with Crippen LogP contribution < -0.4 is 5.56 Å². The van der Waals surface area contributed by atoms with E-state index in [0.29, 0.717) is 16.3 Å². The average Bonchev–Trinajstić information content (AvgIpc) is 2.26. The van der Waals surface area contributed by atoms with Crippen molar-refractivity contribution < 1.29 is 13.2 Å². The van der Waals surface area contributed by atoms with Crippen LogP contribution >= 0.6 is 11.6 Å².